The highest BCUT2D eigenvalue weighted by molar-refractivity contribution is 7.19. The summed E-state index contributed by atoms with van der Waals surface area (Å²) in [6.45, 7) is 3.98. The fourth-order valence-electron chi connectivity index (χ4n) is 3.63. The number of aryl methyl sites for hydroxylation is 4. The van der Waals surface area contributed by atoms with Gasteiger partial charge in [-0.1, -0.05) is 17.7 Å². The molecule has 0 saturated heterocycles. The van der Waals surface area contributed by atoms with Gasteiger partial charge in [0.05, 0.1) is 11.1 Å². The van der Waals surface area contributed by atoms with E-state index in [-0.39, 0.29) is 5.56 Å². The van der Waals surface area contributed by atoms with Gasteiger partial charge in [0.15, 0.2) is 0 Å². The van der Waals surface area contributed by atoms with Gasteiger partial charge in [0.2, 0.25) is 5.78 Å². The molecule has 3 heterocycles. The number of rotatable bonds is 1. The summed E-state index contributed by atoms with van der Waals surface area (Å²) >= 11 is 1.72. The van der Waals surface area contributed by atoms with Crippen LogP contribution < -0.4 is 5.56 Å². The number of hydrogen-bond acceptors (Lipinski definition) is 4. The smallest absolute Gasteiger partial charge is 0.268 e. The lowest BCUT2D eigenvalue weighted by Gasteiger charge is -2.09. The number of benzene rings is 1. The summed E-state index contributed by atoms with van der Waals surface area (Å²) in [6.07, 6.45) is 3.20. The molecule has 4 aromatic rings. The lowest BCUT2D eigenvalue weighted by molar-refractivity contribution is 0.913. The number of fused-ring (bicyclic) bond motifs is 5. The molecule has 1 aliphatic rings. The van der Waals surface area contributed by atoms with E-state index in [0.29, 0.717) is 5.78 Å². The van der Waals surface area contributed by atoms with Gasteiger partial charge in [-0.2, -0.15) is 0 Å². The first-order valence-electron chi connectivity index (χ1n) is 8.13. The van der Waals surface area contributed by atoms with E-state index >= 15 is 0 Å². The molecule has 0 saturated carbocycles. The number of nitrogens with zero attached hydrogens (tertiary/aromatic N) is 4. The van der Waals surface area contributed by atoms with E-state index in [2.05, 4.69) is 10.2 Å². The predicted molar refractivity (Wildman–Crippen MR) is 95.5 cm³/mol. The van der Waals surface area contributed by atoms with Gasteiger partial charge in [0.25, 0.3) is 5.56 Å². The number of thiophene rings is 1. The van der Waals surface area contributed by atoms with Crippen LogP contribution in [-0.4, -0.2) is 19.2 Å². The van der Waals surface area contributed by atoms with Crippen molar-refractivity contribution in [3.63, 3.8) is 0 Å². The summed E-state index contributed by atoms with van der Waals surface area (Å²) in [5.41, 5.74) is 3.25. The SMILES string of the molecule is Cc1ccc(-n2c(=O)c3c4c(sc3n3c(C)nnc23)CCC4)cc1. The van der Waals surface area contributed by atoms with Gasteiger partial charge in [-0.25, -0.2) is 4.57 Å². The maximum atomic E-state index is 13.3. The molecule has 24 heavy (non-hydrogen) atoms. The molecule has 5 rings (SSSR count). The molecule has 0 bridgehead atoms. The summed E-state index contributed by atoms with van der Waals surface area (Å²) in [5, 5.41) is 9.38. The molecule has 3 aromatic heterocycles. The van der Waals surface area contributed by atoms with Crippen molar-refractivity contribution < 1.29 is 0 Å². The number of aromatic nitrogens is 4. The molecule has 0 N–H and O–H groups in total. The third-order valence-corrected chi connectivity index (χ3v) is 6.10. The maximum absolute atomic E-state index is 13.3. The van der Waals surface area contributed by atoms with Crippen LogP contribution in [0, 0.1) is 13.8 Å². The van der Waals surface area contributed by atoms with Crippen molar-refractivity contribution >= 4 is 27.3 Å². The molecule has 120 valence electrons. The first-order valence-corrected chi connectivity index (χ1v) is 8.95. The highest BCUT2D eigenvalue weighted by Gasteiger charge is 2.25. The zero-order valence-electron chi connectivity index (χ0n) is 13.5. The van der Waals surface area contributed by atoms with Gasteiger partial charge in [-0.05, 0) is 50.8 Å². The summed E-state index contributed by atoms with van der Waals surface area (Å²) in [4.78, 5) is 15.7. The summed E-state index contributed by atoms with van der Waals surface area (Å²) in [7, 11) is 0. The fourth-order valence-corrected chi connectivity index (χ4v) is 5.06. The minimum atomic E-state index is 0.0214. The predicted octanol–water partition coefficient (Wildman–Crippen LogP) is 3.20. The molecule has 0 aliphatic heterocycles. The lowest BCUT2D eigenvalue weighted by atomic mass is 10.2. The zero-order chi connectivity index (χ0) is 16.4. The molecule has 6 heteroatoms. The summed E-state index contributed by atoms with van der Waals surface area (Å²) in [5.74, 6) is 1.41. The maximum Gasteiger partial charge on any atom is 0.268 e. The van der Waals surface area contributed by atoms with Gasteiger partial charge < -0.3 is 0 Å². The monoisotopic (exact) mass is 336 g/mol. The molecular formula is C18H16N4OS. The molecule has 1 aromatic carbocycles. The molecule has 5 nitrogen and oxygen atoms in total. The van der Waals surface area contributed by atoms with E-state index in [4.69, 9.17) is 0 Å². The summed E-state index contributed by atoms with van der Waals surface area (Å²) in [6, 6.07) is 7.98. The van der Waals surface area contributed by atoms with E-state index in [9.17, 15) is 4.79 Å². The van der Waals surface area contributed by atoms with Crippen molar-refractivity contribution in [2.75, 3.05) is 0 Å². The van der Waals surface area contributed by atoms with Crippen molar-refractivity contribution in [3.8, 4) is 5.69 Å². The second-order valence-electron chi connectivity index (χ2n) is 6.40. The Bertz CT molecular complexity index is 1160. The second-order valence-corrected chi connectivity index (χ2v) is 7.48. The Labute approximate surface area is 142 Å². The van der Waals surface area contributed by atoms with Crippen LogP contribution in [0.4, 0.5) is 0 Å². The Balaban J connectivity index is 2.00. The van der Waals surface area contributed by atoms with E-state index in [1.807, 2.05) is 42.5 Å². The third-order valence-electron chi connectivity index (χ3n) is 4.82. The van der Waals surface area contributed by atoms with Crippen molar-refractivity contribution in [3.05, 3.63) is 56.4 Å². The minimum Gasteiger partial charge on any atom is -0.268 e. The molecule has 1 aliphatic carbocycles. The van der Waals surface area contributed by atoms with Gasteiger partial charge >= 0.3 is 0 Å². The standard InChI is InChI=1S/C18H16N4OS/c1-10-6-8-12(9-7-10)22-16(23)15-13-4-3-5-14(13)24-17(15)21-11(2)19-20-18(21)22/h6-9H,3-5H2,1-2H3. The third kappa shape index (κ3) is 1.72. The molecule has 0 spiro atoms. The van der Waals surface area contributed by atoms with E-state index in [0.717, 1.165) is 46.6 Å². The average molecular weight is 336 g/mol. The molecule has 0 amide bonds. The van der Waals surface area contributed by atoms with E-state index < -0.39 is 0 Å². The first kappa shape index (κ1) is 13.9. The Morgan fingerprint density at radius 3 is 2.67 bits per heavy atom. The van der Waals surface area contributed by atoms with Crippen LogP contribution in [-0.2, 0) is 12.8 Å². The fraction of sp³-hybridized carbons (Fsp3) is 0.278. The van der Waals surface area contributed by atoms with E-state index in [1.165, 1.54) is 10.4 Å². The molecule has 0 fully saturated rings. The van der Waals surface area contributed by atoms with Gasteiger partial charge in [0.1, 0.15) is 10.7 Å². The Kier molecular flexibility index (Phi) is 2.77. The van der Waals surface area contributed by atoms with Crippen LogP contribution in [0.15, 0.2) is 29.1 Å². The molecule has 0 unspecified atom stereocenters. The van der Waals surface area contributed by atoms with Crippen molar-refractivity contribution in [2.45, 2.75) is 33.1 Å². The van der Waals surface area contributed by atoms with Crippen LogP contribution in [0.5, 0.6) is 0 Å². The molecule has 0 atom stereocenters. The lowest BCUT2D eigenvalue weighted by Crippen LogP contribution is -2.21. The van der Waals surface area contributed by atoms with Crippen molar-refractivity contribution in [2.24, 2.45) is 0 Å². The second kappa shape index (κ2) is 4.77. The van der Waals surface area contributed by atoms with E-state index in [1.54, 1.807) is 15.9 Å². The average Bonchev–Trinajstić information content (AvgIpc) is 3.23. The Morgan fingerprint density at radius 2 is 1.88 bits per heavy atom. The Morgan fingerprint density at radius 1 is 1.08 bits per heavy atom. The van der Waals surface area contributed by atoms with Crippen LogP contribution in [0.3, 0.4) is 0 Å². The normalized spacial score (nSPS) is 13.9. The van der Waals surface area contributed by atoms with Gasteiger partial charge in [-0.15, -0.1) is 21.5 Å². The van der Waals surface area contributed by atoms with Crippen LogP contribution in [0.1, 0.15) is 28.2 Å². The first-order chi connectivity index (χ1) is 11.6. The van der Waals surface area contributed by atoms with Crippen LogP contribution in [0.2, 0.25) is 0 Å². The van der Waals surface area contributed by atoms with Crippen molar-refractivity contribution in [1.29, 1.82) is 0 Å². The summed E-state index contributed by atoms with van der Waals surface area (Å²) < 4.78 is 3.73. The molecule has 0 radical (unpaired) electrons. The topological polar surface area (TPSA) is 52.2 Å². The van der Waals surface area contributed by atoms with Gasteiger partial charge in [-0.3, -0.25) is 9.20 Å². The van der Waals surface area contributed by atoms with Crippen molar-refractivity contribution in [1.82, 2.24) is 19.2 Å². The quantitative estimate of drug-likeness (QED) is 0.536. The Hall–Kier alpha value is -2.47. The highest BCUT2D eigenvalue weighted by Crippen LogP contribution is 2.36. The number of hydrogen-bond donors (Lipinski definition) is 0. The molecular weight excluding hydrogens is 320 g/mol. The van der Waals surface area contributed by atoms with Crippen LogP contribution in [0.25, 0.3) is 21.7 Å². The highest BCUT2D eigenvalue weighted by atomic mass is 32.1. The van der Waals surface area contributed by atoms with Gasteiger partial charge in [0, 0.05) is 4.88 Å². The minimum absolute atomic E-state index is 0.0214. The zero-order valence-corrected chi connectivity index (χ0v) is 14.4. The largest absolute Gasteiger partial charge is 0.268 e. The van der Waals surface area contributed by atoms with Crippen LogP contribution >= 0.6 is 11.3 Å².